The fourth-order valence-corrected chi connectivity index (χ4v) is 2.31. The first kappa shape index (κ1) is 12.8. The van der Waals surface area contributed by atoms with Crippen LogP contribution in [0.15, 0.2) is 18.3 Å². The van der Waals surface area contributed by atoms with Crippen molar-refractivity contribution >= 4 is 5.91 Å². The number of aromatic nitrogens is 1. The standard InChI is InChI=1S/C13H19N3O2/c1-18-12-7-9(5-6-15-12)8-16-13(17)10-3-2-4-11(10)14/h5-7,10-11H,2-4,8,14H2,1H3,(H,16,17). The van der Waals surface area contributed by atoms with Crippen LogP contribution < -0.4 is 15.8 Å². The summed E-state index contributed by atoms with van der Waals surface area (Å²) in [6.45, 7) is 0.487. The Morgan fingerprint density at radius 2 is 2.44 bits per heavy atom. The Balaban J connectivity index is 1.88. The van der Waals surface area contributed by atoms with Crippen LogP contribution in [0, 0.1) is 5.92 Å². The van der Waals surface area contributed by atoms with Crippen molar-refractivity contribution in [1.29, 1.82) is 0 Å². The van der Waals surface area contributed by atoms with Gasteiger partial charge < -0.3 is 15.8 Å². The van der Waals surface area contributed by atoms with E-state index in [-0.39, 0.29) is 17.9 Å². The zero-order valence-electron chi connectivity index (χ0n) is 10.6. The molecular weight excluding hydrogens is 230 g/mol. The van der Waals surface area contributed by atoms with E-state index in [4.69, 9.17) is 10.5 Å². The van der Waals surface area contributed by atoms with Gasteiger partial charge in [0.25, 0.3) is 0 Å². The molecular formula is C13H19N3O2. The topological polar surface area (TPSA) is 77.2 Å². The molecule has 1 heterocycles. The van der Waals surface area contributed by atoms with Gasteiger partial charge in [0.15, 0.2) is 0 Å². The minimum atomic E-state index is -0.0336. The summed E-state index contributed by atoms with van der Waals surface area (Å²) in [5.74, 6) is 0.573. The number of hydrogen-bond acceptors (Lipinski definition) is 4. The summed E-state index contributed by atoms with van der Waals surface area (Å²) < 4.78 is 5.03. The summed E-state index contributed by atoms with van der Waals surface area (Å²) in [6.07, 6.45) is 4.55. The van der Waals surface area contributed by atoms with E-state index < -0.39 is 0 Å². The highest BCUT2D eigenvalue weighted by molar-refractivity contribution is 5.79. The third kappa shape index (κ3) is 2.98. The Morgan fingerprint density at radius 1 is 1.61 bits per heavy atom. The molecule has 3 N–H and O–H groups in total. The number of pyridine rings is 1. The fourth-order valence-electron chi connectivity index (χ4n) is 2.31. The number of carbonyl (C=O) groups is 1. The zero-order valence-corrected chi connectivity index (χ0v) is 10.6. The van der Waals surface area contributed by atoms with Crippen LogP contribution >= 0.6 is 0 Å². The van der Waals surface area contributed by atoms with Crippen molar-refractivity contribution in [2.24, 2.45) is 11.7 Å². The van der Waals surface area contributed by atoms with E-state index in [1.54, 1.807) is 13.3 Å². The maximum atomic E-state index is 11.9. The van der Waals surface area contributed by atoms with E-state index in [2.05, 4.69) is 10.3 Å². The van der Waals surface area contributed by atoms with Crippen molar-refractivity contribution in [2.75, 3.05) is 7.11 Å². The lowest BCUT2D eigenvalue weighted by atomic mass is 10.0. The fraction of sp³-hybridized carbons (Fsp3) is 0.538. The normalized spacial score (nSPS) is 22.8. The van der Waals surface area contributed by atoms with Gasteiger partial charge in [-0.15, -0.1) is 0 Å². The summed E-state index contributed by atoms with van der Waals surface area (Å²) in [5.41, 5.74) is 6.88. The van der Waals surface area contributed by atoms with Crippen LogP contribution in [0.25, 0.3) is 0 Å². The lowest BCUT2D eigenvalue weighted by Gasteiger charge is -2.15. The highest BCUT2D eigenvalue weighted by Crippen LogP contribution is 2.24. The number of nitrogens with two attached hydrogens (primary N) is 1. The van der Waals surface area contributed by atoms with Crippen molar-refractivity contribution in [3.63, 3.8) is 0 Å². The lowest BCUT2D eigenvalue weighted by molar-refractivity contribution is -0.125. The lowest BCUT2D eigenvalue weighted by Crippen LogP contribution is -2.38. The van der Waals surface area contributed by atoms with Gasteiger partial charge in [-0.3, -0.25) is 4.79 Å². The third-order valence-corrected chi connectivity index (χ3v) is 3.38. The Morgan fingerprint density at radius 3 is 3.11 bits per heavy atom. The first-order valence-electron chi connectivity index (χ1n) is 6.23. The van der Waals surface area contributed by atoms with Crippen LogP contribution in [-0.4, -0.2) is 24.0 Å². The smallest absolute Gasteiger partial charge is 0.224 e. The second-order valence-corrected chi connectivity index (χ2v) is 4.63. The molecule has 1 saturated carbocycles. The molecule has 1 fully saturated rings. The van der Waals surface area contributed by atoms with Gasteiger partial charge in [0.1, 0.15) is 0 Å². The van der Waals surface area contributed by atoms with Crippen LogP contribution in [-0.2, 0) is 11.3 Å². The van der Waals surface area contributed by atoms with Crippen molar-refractivity contribution < 1.29 is 9.53 Å². The number of ether oxygens (including phenoxy) is 1. The SMILES string of the molecule is COc1cc(CNC(=O)C2CCCC2N)ccn1. The first-order chi connectivity index (χ1) is 8.70. The molecule has 98 valence electrons. The van der Waals surface area contributed by atoms with E-state index >= 15 is 0 Å². The Hall–Kier alpha value is -1.62. The largest absolute Gasteiger partial charge is 0.481 e. The summed E-state index contributed by atoms with van der Waals surface area (Å²) in [5, 5.41) is 2.92. The second-order valence-electron chi connectivity index (χ2n) is 4.63. The van der Waals surface area contributed by atoms with Gasteiger partial charge >= 0.3 is 0 Å². The van der Waals surface area contributed by atoms with Gasteiger partial charge in [0.2, 0.25) is 11.8 Å². The molecule has 0 aliphatic heterocycles. The molecule has 0 aromatic carbocycles. The number of methoxy groups -OCH3 is 1. The molecule has 0 radical (unpaired) electrons. The van der Waals surface area contributed by atoms with E-state index in [9.17, 15) is 4.79 Å². The molecule has 1 aliphatic carbocycles. The van der Waals surface area contributed by atoms with Gasteiger partial charge in [0, 0.05) is 24.8 Å². The minimum Gasteiger partial charge on any atom is -0.481 e. The second kappa shape index (κ2) is 5.82. The number of amides is 1. The Bertz CT molecular complexity index is 422. The Kier molecular flexibility index (Phi) is 4.15. The van der Waals surface area contributed by atoms with Crippen molar-refractivity contribution in [1.82, 2.24) is 10.3 Å². The van der Waals surface area contributed by atoms with Gasteiger partial charge in [0.05, 0.1) is 13.0 Å². The molecule has 2 rings (SSSR count). The number of carbonyl (C=O) groups excluding carboxylic acids is 1. The number of rotatable bonds is 4. The van der Waals surface area contributed by atoms with Crippen molar-refractivity contribution in [3.05, 3.63) is 23.9 Å². The highest BCUT2D eigenvalue weighted by atomic mass is 16.5. The van der Waals surface area contributed by atoms with Crippen LogP contribution in [0.1, 0.15) is 24.8 Å². The van der Waals surface area contributed by atoms with Gasteiger partial charge in [-0.05, 0) is 24.5 Å². The molecule has 1 amide bonds. The average Bonchev–Trinajstić information content (AvgIpc) is 2.82. The first-order valence-corrected chi connectivity index (χ1v) is 6.23. The molecule has 0 bridgehead atoms. The molecule has 2 unspecified atom stereocenters. The molecule has 1 aromatic heterocycles. The van der Waals surface area contributed by atoms with Crippen LogP contribution in [0.2, 0.25) is 0 Å². The monoisotopic (exact) mass is 249 g/mol. The van der Waals surface area contributed by atoms with Crippen molar-refractivity contribution in [3.8, 4) is 5.88 Å². The zero-order chi connectivity index (χ0) is 13.0. The molecule has 1 aliphatic rings. The van der Waals surface area contributed by atoms with Crippen LogP contribution in [0.4, 0.5) is 0 Å². The van der Waals surface area contributed by atoms with E-state index in [0.717, 1.165) is 24.8 Å². The van der Waals surface area contributed by atoms with Gasteiger partial charge in [-0.2, -0.15) is 0 Å². The molecule has 5 nitrogen and oxygen atoms in total. The van der Waals surface area contributed by atoms with Crippen LogP contribution in [0.3, 0.4) is 0 Å². The molecule has 1 aromatic rings. The van der Waals surface area contributed by atoms with Crippen LogP contribution in [0.5, 0.6) is 5.88 Å². The maximum Gasteiger partial charge on any atom is 0.224 e. The molecule has 2 atom stereocenters. The van der Waals surface area contributed by atoms with E-state index in [1.807, 2.05) is 12.1 Å². The molecule has 0 saturated heterocycles. The van der Waals surface area contributed by atoms with Gasteiger partial charge in [-0.25, -0.2) is 4.98 Å². The van der Waals surface area contributed by atoms with Crippen molar-refractivity contribution in [2.45, 2.75) is 31.8 Å². The third-order valence-electron chi connectivity index (χ3n) is 3.38. The summed E-state index contributed by atoms with van der Waals surface area (Å²) in [7, 11) is 1.57. The van der Waals surface area contributed by atoms with Gasteiger partial charge in [-0.1, -0.05) is 6.42 Å². The molecule has 5 heteroatoms. The quantitative estimate of drug-likeness (QED) is 0.828. The number of nitrogens with one attached hydrogen (secondary N) is 1. The predicted molar refractivity (Wildman–Crippen MR) is 68.0 cm³/mol. The summed E-state index contributed by atoms with van der Waals surface area (Å²) in [4.78, 5) is 16.0. The van der Waals surface area contributed by atoms with E-state index in [1.165, 1.54) is 0 Å². The van der Waals surface area contributed by atoms with E-state index in [0.29, 0.717) is 12.4 Å². The number of nitrogens with zero attached hydrogens (tertiary/aromatic N) is 1. The number of hydrogen-bond donors (Lipinski definition) is 2. The molecule has 0 spiro atoms. The average molecular weight is 249 g/mol. The minimum absolute atomic E-state index is 0.0111. The predicted octanol–water partition coefficient (Wildman–Crippen LogP) is 0.834. The maximum absolute atomic E-state index is 11.9. The molecule has 18 heavy (non-hydrogen) atoms. The highest BCUT2D eigenvalue weighted by Gasteiger charge is 2.29. The summed E-state index contributed by atoms with van der Waals surface area (Å²) >= 11 is 0. The Labute approximate surface area is 107 Å². The summed E-state index contributed by atoms with van der Waals surface area (Å²) in [6, 6.07) is 3.68.